The zero-order valence-corrected chi connectivity index (χ0v) is 12.5. The fourth-order valence-electron chi connectivity index (χ4n) is 1.80. The van der Waals surface area contributed by atoms with Gasteiger partial charge in [0.1, 0.15) is 5.75 Å². The van der Waals surface area contributed by atoms with Crippen LogP contribution in [-0.4, -0.2) is 24.5 Å². The summed E-state index contributed by atoms with van der Waals surface area (Å²) in [5.41, 5.74) is 0. The first kappa shape index (κ1) is 13.3. The molecule has 0 radical (unpaired) electrons. The van der Waals surface area contributed by atoms with Gasteiger partial charge in [-0.2, -0.15) is 0 Å². The predicted octanol–water partition coefficient (Wildman–Crippen LogP) is 3.31. The number of nitrogens with zero attached hydrogens (tertiary/aromatic N) is 1. The number of benzene rings is 1. The van der Waals surface area contributed by atoms with Crippen LogP contribution in [-0.2, 0) is 11.8 Å². The van der Waals surface area contributed by atoms with Crippen molar-refractivity contribution < 1.29 is 4.74 Å². The molecule has 1 aliphatic heterocycles. The summed E-state index contributed by atoms with van der Waals surface area (Å²) in [6, 6.07) is 8.17. The third-order valence-electron chi connectivity index (χ3n) is 2.79. The molecule has 17 heavy (non-hydrogen) atoms. The van der Waals surface area contributed by atoms with Gasteiger partial charge in [-0.05, 0) is 37.1 Å². The van der Waals surface area contributed by atoms with Gasteiger partial charge in [-0.15, -0.1) is 0 Å². The van der Waals surface area contributed by atoms with Gasteiger partial charge in [-0.3, -0.25) is 0 Å². The minimum atomic E-state index is -0.546. The van der Waals surface area contributed by atoms with Crippen LogP contribution in [0.1, 0.15) is 19.3 Å². The Hall–Kier alpha value is -0.150. The van der Waals surface area contributed by atoms with E-state index in [1.165, 1.54) is 37.7 Å². The van der Waals surface area contributed by atoms with Gasteiger partial charge in [0.2, 0.25) is 0 Å². The average molecular weight is 286 g/mol. The number of hydrogen-bond donors (Lipinski definition) is 0. The van der Waals surface area contributed by atoms with Crippen molar-refractivity contribution in [1.29, 1.82) is 0 Å². The molecule has 2 rings (SSSR count). The molecule has 0 amide bonds. The lowest BCUT2D eigenvalue weighted by Crippen LogP contribution is -2.22. The maximum atomic E-state index is 5.61. The van der Waals surface area contributed by atoms with Gasteiger partial charge in [-0.1, -0.05) is 6.42 Å². The maximum Gasteiger partial charge on any atom is 0.300 e. The average Bonchev–Trinajstić information content (AvgIpc) is 2.40. The molecule has 0 aromatic heterocycles. The summed E-state index contributed by atoms with van der Waals surface area (Å²) in [4.78, 5) is 0. The van der Waals surface area contributed by atoms with E-state index in [4.69, 9.17) is 16.5 Å². The van der Waals surface area contributed by atoms with Crippen molar-refractivity contribution in [3.8, 4) is 5.75 Å². The monoisotopic (exact) mass is 286 g/mol. The molecule has 1 atom stereocenters. The Morgan fingerprint density at radius 3 is 2.41 bits per heavy atom. The van der Waals surface area contributed by atoms with E-state index in [1.807, 2.05) is 23.7 Å². The van der Waals surface area contributed by atoms with Crippen LogP contribution < -0.4 is 10.0 Å². The Morgan fingerprint density at radius 1 is 1.18 bits per heavy atom. The molecular weight excluding hydrogens is 269 g/mol. The molecule has 0 saturated carbocycles. The quantitative estimate of drug-likeness (QED) is 0.621. The molecule has 1 unspecified atom stereocenters. The van der Waals surface area contributed by atoms with Crippen molar-refractivity contribution >= 4 is 34.6 Å². The zero-order chi connectivity index (χ0) is 12.1. The van der Waals surface area contributed by atoms with E-state index in [-0.39, 0.29) is 0 Å². The highest BCUT2D eigenvalue weighted by Gasteiger charge is 2.23. The Kier molecular flexibility index (Phi) is 5.23. The van der Waals surface area contributed by atoms with Crippen molar-refractivity contribution in [2.75, 3.05) is 20.2 Å². The molecule has 2 nitrogen and oxygen atoms in total. The van der Waals surface area contributed by atoms with Crippen molar-refractivity contribution in [3.63, 3.8) is 0 Å². The minimum absolute atomic E-state index is 0.546. The van der Waals surface area contributed by atoms with Gasteiger partial charge < -0.3 is 4.74 Å². The van der Waals surface area contributed by atoms with E-state index in [0.29, 0.717) is 0 Å². The van der Waals surface area contributed by atoms with E-state index in [1.54, 1.807) is 7.11 Å². The summed E-state index contributed by atoms with van der Waals surface area (Å²) in [5.74, 6) is 0.353. The second-order valence-corrected chi connectivity index (χ2v) is 9.11. The molecule has 1 fully saturated rings. The van der Waals surface area contributed by atoms with Gasteiger partial charge in [0, 0.05) is 13.1 Å². The van der Waals surface area contributed by atoms with Crippen LogP contribution in [0.3, 0.4) is 0 Å². The number of hydrogen-bond acceptors (Lipinski definition) is 4. The van der Waals surface area contributed by atoms with Crippen molar-refractivity contribution in [2.45, 2.75) is 19.3 Å². The summed E-state index contributed by atoms with van der Waals surface area (Å²) in [6.07, 6.45) is 4.00. The second kappa shape index (κ2) is 6.69. The van der Waals surface area contributed by atoms with Crippen molar-refractivity contribution in [1.82, 2.24) is 4.31 Å². The van der Waals surface area contributed by atoms with Gasteiger partial charge in [0.25, 0.3) is 5.90 Å². The first-order valence-corrected chi connectivity index (χ1v) is 9.57. The zero-order valence-electron chi connectivity index (χ0n) is 9.96. The molecular formula is C12H17NOPS2+. The SMILES string of the molecule is COc1ccc([P+](=S)SN2CCCCC2)cc1. The van der Waals surface area contributed by atoms with Gasteiger partial charge in [0.15, 0.2) is 28.7 Å². The highest BCUT2D eigenvalue weighted by Crippen LogP contribution is 2.41. The van der Waals surface area contributed by atoms with E-state index in [9.17, 15) is 0 Å². The van der Waals surface area contributed by atoms with Gasteiger partial charge in [0.05, 0.1) is 7.11 Å². The van der Waals surface area contributed by atoms with Crippen LogP contribution in [0.2, 0.25) is 0 Å². The molecule has 5 heteroatoms. The third kappa shape index (κ3) is 3.92. The third-order valence-corrected chi connectivity index (χ3v) is 7.25. The first-order chi connectivity index (χ1) is 8.29. The van der Waals surface area contributed by atoms with Crippen LogP contribution in [0.25, 0.3) is 0 Å². The second-order valence-electron chi connectivity index (χ2n) is 4.03. The summed E-state index contributed by atoms with van der Waals surface area (Å²) >= 11 is 7.47. The molecule has 0 spiro atoms. The summed E-state index contributed by atoms with van der Waals surface area (Å²) in [5, 5.41) is 1.26. The lowest BCUT2D eigenvalue weighted by Gasteiger charge is -2.20. The Labute approximate surface area is 113 Å². The molecule has 1 aromatic carbocycles. The Balaban J connectivity index is 1.93. The topological polar surface area (TPSA) is 12.5 Å². The molecule has 1 saturated heterocycles. The minimum Gasteiger partial charge on any atom is -0.497 e. The molecule has 1 aliphatic rings. The Bertz CT molecular complexity index is 377. The summed E-state index contributed by atoms with van der Waals surface area (Å²) in [6.45, 7) is 2.38. The van der Waals surface area contributed by atoms with E-state index < -0.39 is 5.90 Å². The van der Waals surface area contributed by atoms with Gasteiger partial charge in [-0.25, -0.2) is 4.31 Å². The normalized spacial score (nSPS) is 17.8. The first-order valence-electron chi connectivity index (χ1n) is 5.84. The molecule has 0 aliphatic carbocycles. The number of ether oxygens (including phenoxy) is 1. The lowest BCUT2D eigenvalue weighted by atomic mass is 10.2. The highest BCUT2D eigenvalue weighted by molar-refractivity contribution is 8.65. The molecule has 0 bridgehead atoms. The summed E-state index contributed by atoms with van der Waals surface area (Å²) < 4.78 is 7.59. The smallest absolute Gasteiger partial charge is 0.300 e. The molecule has 1 aromatic rings. The maximum absolute atomic E-state index is 5.61. The van der Waals surface area contributed by atoms with Crippen molar-refractivity contribution in [3.05, 3.63) is 24.3 Å². The van der Waals surface area contributed by atoms with Crippen molar-refractivity contribution in [2.24, 2.45) is 0 Å². The standard InChI is InChI=1S/C12H17NOPS2/c1-14-11-5-7-12(8-6-11)15(16)17-13-9-3-2-4-10-13/h5-8H,2-4,9-10H2,1H3/q+1. The van der Waals surface area contributed by atoms with Crippen LogP contribution in [0, 0.1) is 0 Å². The van der Waals surface area contributed by atoms with Crippen LogP contribution in [0.4, 0.5) is 0 Å². The largest absolute Gasteiger partial charge is 0.497 e. The number of methoxy groups -OCH3 is 1. The van der Waals surface area contributed by atoms with Gasteiger partial charge >= 0.3 is 0 Å². The number of piperidine rings is 1. The van der Waals surface area contributed by atoms with E-state index >= 15 is 0 Å². The predicted molar refractivity (Wildman–Crippen MR) is 79.9 cm³/mol. The van der Waals surface area contributed by atoms with Crippen LogP contribution >= 0.6 is 17.5 Å². The molecule has 0 N–H and O–H groups in total. The molecule has 1 heterocycles. The van der Waals surface area contributed by atoms with E-state index in [0.717, 1.165) is 5.75 Å². The van der Waals surface area contributed by atoms with Crippen LogP contribution in [0.5, 0.6) is 5.75 Å². The lowest BCUT2D eigenvalue weighted by molar-refractivity contribution is 0.383. The number of rotatable bonds is 4. The fourth-order valence-corrected chi connectivity index (χ4v) is 5.90. The van der Waals surface area contributed by atoms with E-state index in [2.05, 4.69) is 16.4 Å². The highest BCUT2D eigenvalue weighted by atomic mass is 32.9. The summed E-state index contributed by atoms with van der Waals surface area (Å²) in [7, 11) is 1.69. The molecule has 92 valence electrons. The fraction of sp³-hybridized carbons (Fsp3) is 0.500. The van der Waals surface area contributed by atoms with Crippen LogP contribution in [0.15, 0.2) is 24.3 Å². The Morgan fingerprint density at radius 2 is 1.82 bits per heavy atom.